The summed E-state index contributed by atoms with van der Waals surface area (Å²) in [6.07, 6.45) is 5.90. The lowest BCUT2D eigenvalue weighted by Crippen LogP contribution is -2.08. The lowest BCUT2D eigenvalue weighted by Gasteiger charge is -2.21. The van der Waals surface area contributed by atoms with Gasteiger partial charge in [-0.2, -0.15) is 0 Å². The van der Waals surface area contributed by atoms with Crippen molar-refractivity contribution in [3.8, 4) is 17.2 Å². The maximum atomic E-state index is 6.11. The molecule has 3 rings (SSSR count). The molecule has 0 spiro atoms. The molecule has 3 heteroatoms. The third-order valence-corrected chi connectivity index (χ3v) is 5.60. The summed E-state index contributed by atoms with van der Waals surface area (Å²) in [7, 11) is 0. The molecule has 0 saturated carbocycles. The molecule has 0 fully saturated rings. The Morgan fingerprint density at radius 1 is 0.515 bits per heavy atom. The molecule has 0 N–H and O–H groups in total. The Kier molecular flexibility index (Phi) is 10.2. The van der Waals surface area contributed by atoms with Crippen LogP contribution in [0.1, 0.15) is 55.9 Å². The second-order valence-corrected chi connectivity index (χ2v) is 8.05. The zero-order valence-corrected chi connectivity index (χ0v) is 20.4. The number of rotatable bonds is 14. The smallest absolute Gasteiger partial charge is 0.204 e. The van der Waals surface area contributed by atoms with Crippen molar-refractivity contribution in [3.05, 3.63) is 89.0 Å². The van der Waals surface area contributed by atoms with Gasteiger partial charge < -0.3 is 14.2 Å². The molecule has 33 heavy (non-hydrogen) atoms. The van der Waals surface area contributed by atoms with E-state index in [2.05, 4.69) is 66.7 Å². The van der Waals surface area contributed by atoms with Gasteiger partial charge in [0, 0.05) is 11.1 Å². The van der Waals surface area contributed by atoms with E-state index in [1.807, 2.05) is 20.8 Å². The van der Waals surface area contributed by atoms with Crippen molar-refractivity contribution in [2.24, 2.45) is 0 Å². The molecule has 0 saturated heterocycles. The van der Waals surface area contributed by atoms with E-state index in [0.717, 1.165) is 66.9 Å². The highest BCUT2D eigenvalue weighted by Crippen LogP contribution is 2.44. The van der Waals surface area contributed by atoms with Gasteiger partial charge in [-0.05, 0) is 76.5 Å². The molecule has 1 radical (unpaired) electrons. The summed E-state index contributed by atoms with van der Waals surface area (Å²) >= 11 is 0. The maximum absolute atomic E-state index is 6.11. The standard InChI is InChI=1S/C30H37O3/c1-4-31-28-26(21-13-19-24-15-9-7-10-16-24)23-27(29(32-5-2)30(28)33-6-3)22-14-20-25-17-11-8-12-18-25/h7-12,15-18H,4-6,13-14,19-22H2,1-3H3. The summed E-state index contributed by atoms with van der Waals surface area (Å²) in [6.45, 7) is 7.76. The Bertz CT molecular complexity index is 878. The number of hydrogen-bond acceptors (Lipinski definition) is 3. The summed E-state index contributed by atoms with van der Waals surface area (Å²) in [4.78, 5) is 0. The number of aryl methyl sites for hydroxylation is 4. The summed E-state index contributed by atoms with van der Waals surface area (Å²) in [5, 5.41) is 0. The second-order valence-electron chi connectivity index (χ2n) is 8.05. The SMILES string of the molecule is CCOc1c(CCCc2ccccc2)[c]c(CCCc2ccccc2)c(OCC)c1OCC. The van der Waals surface area contributed by atoms with Crippen molar-refractivity contribution >= 4 is 0 Å². The van der Waals surface area contributed by atoms with Crippen molar-refractivity contribution in [1.82, 2.24) is 0 Å². The minimum absolute atomic E-state index is 0.567. The van der Waals surface area contributed by atoms with Crippen molar-refractivity contribution in [2.75, 3.05) is 19.8 Å². The first kappa shape index (κ1) is 24.7. The third kappa shape index (κ3) is 7.28. The molecule has 3 nitrogen and oxygen atoms in total. The van der Waals surface area contributed by atoms with Gasteiger partial charge in [-0.1, -0.05) is 60.7 Å². The van der Waals surface area contributed by atoms with Crippen LogP contribution in [0, 0.1) is 6.07 Å². The van der Waals surface area contributed by atoms with E-state index in [-0.39, 0.29) is 0 Å². The normalized spacial score (nSPS) is 10.8. The minimum Gasteiger partial charge on any atom is -0.490 e. The van der Waals surface area contributed by atoms with E-state index < -0.39 is 0 Å². The van der Waals surface area contributed by atoms with E-state index in [0.29, 0.717) is 19.8 Å². The van der Waals surface area contributed by atoms with Gasteiger partial charge in [-0.3, -0.25) is 0 Å². The topological polar surface area (TPSA) is 27.7 Å². The molecule has 0 aliphatic rings. The molecular formula is C30H37O3. The molecule has 175 valence electrons. The fraction of sp³-hybridized carbons (Fsp3) is 0.400. The Morgan fingerprint density at radius 3 is 1.30 bits per heavy atom. The lowest BCUT2D eigenvalue weighted by atomic mass is 9.97. The summed E-state index contributed by atoms with van der Waals surface area (Å²) in [6, 6.07) is 25.0. The first-order chi connectivity index (χ1) is 16.3. The van der Waals surface area contributed by atoms with E-state index in [9.17, 15) is 0 Å². The first-order valence-electron chi connectivity index (χ1n) is 12.3. The van der Waals surface area contributed by atoms with Gasteiger partial charge in [0.15, 0.2) is 11.5 Å². The van der Waals surface area contributed by atoms with Crippen LogP contribution in [-0.2, 0) is 25.7 Å². The number of benzene rings is 3. The van der Waals surface area contributed by atoms with Crippen LogP contribution in [0.2, 0.25) is 0 Å². The molecule has 0 unspecified atom stereocenters. The van der Waals surface area contributed by atoms with Gasteiger partial charge in [0.2, 0.25) is 5.75 Å². The van der Waals surface area contributed by atoms with Crippen LogP contribution in [0.3, 0.4) is 0 Å². The molecule has 3 aromatic carbocycles. The fourth-order valence-electron chi connectivity index (χ4n) is 4.12. The molecule has 0 aliphatic heterocycles. The molecule has 0 aromatic heterocycles. The first-order valence-corrected chi connectivity index (χ1v) is 12.3. The highest BCUT2D eigenvalue weighted by molar-refractivity contribution is 5.59. The Labute approximate surface area is 199 Å². The zero-order valence-electron chi connectivity index (χ0n) is 20.4. The summed E-state index contributed by atoms with van der Waals surface area (Å²) < 4.78 is 18.3. The second kappa shape index (κ2) is 13.6. The Morgan fingerprint density at radius 2 is 0.909 bits per heavy atom. The van der Waals surface area contributed by atoms with E-state index in [1.54, 1.807) is 0 Å². The van der Waals surface area contributed by atoms with Gasteiger partial charge in [-0.15, -0.1) is 0 Å². The van der Waals surface area contributed by atoms with E-state index >= 15 is 0 Å². The van der Waals surface area contributed by atoms with Crippen LogP contribution in [0.25, 0.3) is 0 Å². The van der Waals surface area contributed by atoms with Crippen molar-refractivity contribution in [3.63, 3.8) is 0 Å². The quantitative estimate of drug-likeness (QED) is 0.266. The molecule has 0 bridgehead atoms. The molecule has 3 aromatic rings. The van der Waals surface area contributed by atoms with Crippen LogP contribution in [0.15, 0.2) is 60.7 Å². The minimum atomic E-state index is 0.567. The van der Waals surface area contributed by atoms with Crippen molar-refractivity contribution in [2.45, 2.75) is 59.3 Å². The van der Waals surface area contributed by atoms with Gasteiger partial charge in [-0.25, -0.2) is 0 Å². The van der Waals surface area contributed by atoms with E-state index in [4.69, 9.17) is 14.2 Å². The van der Waals surface area contributed by atoms with Crippen LogP contribution in [0.5, 0.6) is 17.2 Å². The maximum Gasteiger partial charge on any atom is 0.204 e. The number of hydrogen-bond donors (Lipinski definition) is 0. The average molecular weight is 446 g/mol. The van der Waals surface area contributed by atoms with Gasteiger partial charge in [0.05, 0.1) is 19.8 Å². The van der Waals surface area contributed by atoms with E-state index in [1.165, 1.54) is 11.1 Å². The average Bonchev–Trinajstić information content (AvgIpc) is 2.84. The fourth-order valence-corrected chi connectivity index (χ4v) is 4.12. The van der Waals surface area contributed by atoms with Crippen LogP contribution < -0.4 is 14.2 Å². The Balaban J connectivity index is 1.86. The molecule has 0 heterocycles. The van der Waals surface area contributed by atoms with Gasteiger partial charge in [0.1, 0.15) is 0 Å². The predicted molar refractivity (Wildman–Crippen MR) is 136 cm³/mol. The van der Waals surface area contributed by atoms with Gasteiger partial charge in [0.25, 0.3) is 0 Å². The largest absolute Gasteiger partial charge is 0.490 e. The highest BCUT2D eigenvalue weighted by Gasteiger charge is 2.22. The molecule has 0 atom stereocenters. The summed E-state index contributed by atoms with van der Waals surface area (Å²) in [5.41, 5.74) is 4.90. The monoisotopic (exact) mass is 445 g/mol. The lowest BCUT2D eigenvalue weighted by molar-refractivity contribution is 0.257. The Hall–Kier alpha value is -2.94. The number of ether oxygens (including phenoxy) is 3. The van der Waals surface area contributed by atoms with Crippen LogP contribution in [0.4, 0.5) is 0 Å². The molecule has 0 aliphatic carbocycles. The highest BCUT2D eigenvalue weighted by atomic mass is 16.5. The summed E-state index contributed by atoms with van der Waals surface area (Å²) in [5.74, 6) is 2.33. The third-order valence-electron chi connectivity index (χ3n) is 5.60. The predicted octanol–water partition coefficient (Wildman–Crippen LogP) is 7.03. The van der Waals surface area contributed by atoms with Crippen LogP contribution in [-0.4, -0.2) is 19.8 Å². The van der Waals surface area contributed by atoms with Crippen molar-refractivity contribution < 1.29 is 14.2 Å². The van der Waals surface area contributed by atoms with Crippen molar-refractivity contribution in [1.29, 1.82) is 0 Å². The van der Waals surface area contributed by atoms with Gasteiger partial charge >= 0.3 is 0 Å². The van der Waals surface area contributed by atoms with Crippen LogP contribution >= 0.6 is 0 Å². The molecule has 0 amide bonds. The zero-order chi connectivity index (χ0) is 23.3. The molecular weight excluding hydrogens is 408 g/mol.